The Morgan fingerprint density at radius 2 is 2.00 bits per heavy atom. The van der Waals surface area contributed by atoms with Gasteiger partial charge < -0.3 is 4.90 Å². The second kappa shape index (κ2) is 7.69. The average molecular weight is 291 g/mol. The molecule has 0 radical (unpaired) electrons. The Labute approximate surface area is 127 Å². The van der Waals surface area contributed by atoms with Gasteiger partial charge >= 0.3 is 0 Å². The number of rotatable bonds is 6. The molecule has 0 aromatic heterocycles. The second-order valence-electron chi connectivity index (χ2n) is 6.28. The minimum Gasteiger partial charge on any atom is -0.303 e. The minimum absolute atomic E-state index is 0.0798. The lowest BCUT2D eigenvalue weighted by Gasteiger charge is -2.33. The Kier molecular flexibility index (Phi) is 5.92. The van der Waals surface area contributed by atoms with Gasteiger partial charge in [0.2, 0.25) is 0 Å². The molecule has 2 nitrogen and oxygen atoms in total. The third kappa shape index (κ3) is 4.37. The maximum absolute atomic E-state index is 13.7. The van der Waals surface area contributed by atoms with E-state index in [4.69, 9.17) is 0 Å². The highest BCUT2D eigenvalue weighted by Gasteiger charge is 2.24. The summed E-state index contributed by atoms with van der Waals surface area (Å²) in [7, 11) is 0. The summed E-state index contributed by atoms with van der Waals surface area (Å²) in [6.45, 7) is 7.03. The van der Waals surface area contributed by atoms with Gasteiger partial charge in [0.15, 0.2) is 5.78 Å². The van der Waals surface area contributed by atoms with Crippen LogP contribution in [0, 0.1) is 17.7 Å². The fourth-order valence-electron chi connectivity index (χ4n) is 3.26. The molecule has 0 N–H and O–H groups in total. The highest BCUT2D eigenvalue weighted by Crippen LogP contribution is 2.23. The van der Waals surface area contributed by atoms with Crippen LogP contribution >= 0.6 is 0 Å². The summed E-state index contributed by atoms with van der Waals surface area (Å²) in [6, 6.07) is 6.28. The SMILES string of the molecule is CCCC1CCN(CC(C)C(=O)c2ccccc2F)CC1. The zero-order valence-electron chi connectivity index (χ0n) is 13.1. The number of hydrogen-bond acceptors (Lipinski definition) is 2. The van der Waals surface area contributed by atoms with Crippen LogP contribution in [-0.4, -0.2) is 30.3 Å². The summed E-state index contributed by atoms with van der Waals surface area (Å²) in [5.74, 6) is 0.216. The van der Waals surface area contributed by atoms with E-state index in [-0.39, 0.29) is 17.3 Å². The third-order valence-electron chi connectivity index (χ3n) is 4.52. The van der Waals surface area contributed by atoms with Crippen molar-refractivity contribution in [3.63, 3.8) is 0 Å². The highest BCUT2D eigenvalue weighted by atomic mass is 19.1. The van der Waals surface area contributed by atoms with E-state index in [1.165, 1.54) is 31.7 Å². The summed E-state index contributed by atoms with van der Waals surface area (Å²) in [5, 5.41) is 0. The molecular formula is C18H26FNO. The maximum Gasteiger partial charge on any atom is 0.169 e. The van der Waals surface area contributed by atoms with Crippen LogP contribution in [0.15, 0.2) is 24.3 Å². The predicted molar refractivity (Wildman–Crippen MR) is 84.0 cm³/mol. The molecule has 116 valence electrons. The molecule has 1 unspecified atom stereocenters. The first-order chi connectivity index (χ1) is 10.1. The first-order valence-corrected chi connectivity index (χ1v) is 8.13. The largest absolute Gasteiger partial charge is 0.303 e. The lowest BCUT2D eigenvalue weighted by atomic mass is 9.91. The molecule has 0 bridgehead atoms. The number of carbonyl (C=O) groups excluding carboxylic acids is 1. The molecule has 1 atom stereocenters. The topological polar surface area (TPSA) is 20.3 Å². The van der Waals surface area contributed by atoms with E-state index in [0.717, 1.165) is 25.6 Å². The molecule has 0 saturated carbocycles. The van der Waals surface area contributed by atoms with Crippen molar-refractivity contribution in [3.8, 4) is 0 Å². The lowest BCUT2D eigenvalue weighted by molar-refractivity contribution is 0.0863. The smallest absolute Gasteiger partial charge is 0.169 e. The first kappa shape index (κ1) is 16.2. The van der Waals surface area contributed by atoms with Crippen molar-refractivity contribution >= 4 is 5.78 Å². The third-order valence-corrected chi connectivity index (χ3v) is 4.52. The number of carbonyl (C=O) groups is 1. The van der Waals surface area contributed by atoms with Gasteiger partial charge in [0, 0.05) is 12.5 Å². The number of Topliss-reactive ketones (excluding diaryl/α,β-unsaturated/α-hetero) is 1. The molecule has 1 saturated heterocycles. The number of likely N-dealkylation sites (tertiary alicyclic amines) is 1. The van der Waals surface area contributed by atoms with Crippen LogP contribution in [0.2, 0.25) is 0 Å². The van der Waals surface area contributed by atoms with Crippen molar-refractivity contribution in [2.75, 3.05) is 19.6 Å². The number of nitrogens with zero attached hydrogens (tertiary/aromatic N) is 1. The molecule has 0 amide bonds. The second-order valence-corrected chi connectivity index (χ2v) is 6.28. The molecular weight excluding hydrogens is 265 g/mol. The Hall–Kier alpha value is -1.22. The van der Waals surface area contributed by atoms with Crippen molar-refractivity contribution in [2.24, 2.45) is 11.8 Å². The summed E-state index contributed by atoms with van der Waals surface area (Å²) in [6.07, 6.45) is 5.04. The molecule has 0 aliphatic carbocycles. The van der Waals surface area contributed by atoms with Gasteiger partial charge in [-0.05, 0) is 44.0 Å². The van der Waals surface area contributed by atoms with Crippen molar-refractivity contribution in [3.05, 3.63) is 35.6 Å². The highest BCUT2D eigenvalue weighted by molar-refractivity contribution is 5.98. The van der Waals surface area contributed by atoms with Crippen LogP contribution < -0.4 is 0 Å². The van der Waals surface area contributed by atoms with Crippen molar-refractivity contribution in [1.82, 2.24) is 4.90 Å². The molecule has 0 spiro atoms. The summed E-state index contributed by atoms with van der Waals surface area (Å²) in [5.41, 5.74) is 0.228. The predicted octanol–water partition coefficient (Wildman–Crippen LogP) is 4.16. The van der Waals surface area contributed by atoms with Crippen LogP contribution in [0.3, 0.4) is 0 Å². The van der Waals surface area contributed by atoms with E-state index >= 15 is 0 Å². The fraction of sp³-hybridized carbons (Fsp3) is 0.611. The van der Waals surface area contributed by atoms with Gasteiger partial charge in [0.25, 0.3) is 0 Å². The van der Waals surface area contributed by atoms with Crippen molar-refractivity contribution in [2.45, 2.75) is 39.5 Å². The van der Waals surface area contributed by atoms with E-state index in [1.807, 2.05) is 6.92 Å². The quantitative estimate of drug-likeness (QED) is 0.734. The van der Waals surface area contributed by atoms with Gasteiger partial charge in [-0.1, -0.05) is 38.8 Å². The number of ketones is 1. The number of hydrogen-bond donors (Lipinski definition) is 0. The number of piperidine rings is 1. The van der Waals surface area contributed by atoms with Crippen LogP contribution in [0.4, 0.5) is 4.39 Å². The molecule has 2 rings (SSSR count). The molecule has 1 aliphatic rings. The minimum atomic E-state index is -0.406. The molecule has 21 heavy (non-hydrogen) atoms. The Morgan fingerprint density at radius 1 is 1.33 bits per heavy atom. The fourth-order valence-corrected chi connectivity index (χ4v) is 3.26. The maximum atomic E-state index is 13.7. The lowest BCUT2D eigenvalue weighted by Crippen LogP contribution is -2.38. The molecule has 1 heterocycles. The number of benzene rings is 1. The van der Waals surface area contributed by atoms with E-state index in [0.29, 0.717) is 0 Å². The summed E-state index contributed by atoms with van der Waals surface area (Å²) < 4.78 is 13.7. The van der Waals surface area contributed by atoms with E-state index < -0.39 is 5.82 Å². The van der Waals surface area contributed by atoms with Gasteiger partial charge in [-0.3, -0.25) is 4.79 Å². The van der Waals surface area contributed by atoms with Crippen LogP contribution in [0.1, 0.15) is 49.9 Å². The molecule has 1 fully saturated rings. The summed E-state index contributed by atoms with van der Waals surface area (Å²) >= 11 is 0. The van der Waals surface area contributed by atoms with E-state index in [9.17, 15) is 9.18 Å². The Morgan fingerprint density at radius 3 is 2.62 bits per heavy atom. The van der Waals surface area contributed by atoms with Crippen LogP contribution in [0.5, 0.6) is 0 Å². The Bertz CT molecular complexity index is 466. The van der Waals surface area contributed by atoms with Gasteiger partial charge in [-0.15, -0.1) is 0 Å². The van der Waals surface area contributed by atoms with Gasteiger partial charge in [-0.2, -0.15) is 0 Å². The first-order valence-electron chi connectivity index (χ1n) is 8.13. The van der Waals surface area contributed by atoms with E-state index in [1.54, 1.807) is 18.2 Å². The normalized spacial score (nSPS) is 18.6. The standard InChI is InChI=1S/C18H26FNO/c1-3-6-15-9-11-20(12-10-15)13-14(2)18(21)16-7-4-5-8-17(16)19/h4-5,7-8,14-15H,3,6,9-13H2,1-2H3. The van der Waals surface area contributed by atoms with Gasteiger partial charge in [-0.25, -0.2) is 4.39 Å². The van der Waals surface area contributed by atoms with E-state index in [2.05, 4.69) is 11.8 Å². The Balaban J connectivity index is 1.86. The molecule has 1 aliphatic heterocycles. The molecule has 3 heteroatoms. The van der Waals surface area contributed by atoms with Crippen LogP contribution in [0.25, 0.3) is 0 Å². The number of halogens is 1. The molecule has 1 aromatic rings. The van der Waals surface area contributed by atoms with Crippen molar-refractivity contribution in [1.29, 1.82) is 0 Å². The monoisotopic (exact) mass is 291 g/mol. The van der Waals surface area contributed by atoms with Crippen LogP contribution in [-0.2, 0) is 0 Å². The molecule has 1 aromatic carbocycles. The van der Waals surface area contributed by atoms with Gasteiger partial charge in [0.1, 0.15) is 5.82 Å². The van der Waals surface area contributed by atoms with Crippen molar-refractivity contribution < 1.29 is 9.18 Å². The van der Waals surface area contributed by atoms with Gasteiger partial charge in [0.05, 0.1) is 5.56 Å². The summed E-state index contributed by atoms with van der Waals surface area (Å²) in [4.78, 5) is 14.7. The zero-order valence-corrected chi connectivity index (χ0v) is 13.1. The zero-order chi connectivity index (χ0) is 15.2. The average Bonchev–Trinajstić information content (AvgIpc) is 2.49.